The summed E-state index contributed by atoms with van der Waals surface area (Å²) >= 11 is 0. The van der Waals surface area contributed by atoms with Crippen LogP contribution in [-0.4, -0.2) is 61.3 Å². The highest BCUT2D eigenvalue weighted by molar-refractivity contribution is 5.68. The van der Waals surface area contributed by atoms with Crippen LogP contribution in [0.25, 0.3) is 0 Å². The molecule has 2 fully saturated rings. The lowest BCUT2D eigenvalue weighted by molar-refractivity contribution is -0.137. The van der Waals surface area contributed by atoms with Crippen LogP contribution in [0.1, 0.15) is 37.8 Å². The third-order valence-electron chi connectivity index (χ3n) is 5.22. The average molecular weight is 399 g/mol. The van der Waals surface area contributed by atoms with Crippen molar-refractivity contribution in [2.45, 2.75) is 45.5 Å². The molecule has 5 nitrogen and oxygen atoms in total. The molecule has 0 bridgehead atoms. The van der Waals surface area contributed by atoms with Crippen molar-refractivity contribution in [2.75, 3.05) is 44.2 Å². The summed E-state index contributed by atoms with van der Waals surface area (Å²) in [7, 11) is 0. The fourth-order valence-electron chi connectivity index (χ4n) is 3.73. The lowest BCUT2D eigenvalue weighted by Gasteiger charge is -2.35. The molecule has 0 saturated carbocycles. The van der Waals surface area contributed by atoms with Gasteiger partial charge in [0, 0.05) is 51.5 Å². The highest BCUT2D eigenvalue weighted by Gasteiger charge is 2.32. The van der Waals surface area contributed by atoms with Crippen molar-refractivity contribution >= 4 is 11.8 Å². The minimum Gasteiger partial charge on any atom is -0.447 e. The maximum atomic E-state index is 13.2. The number of halogens is 3. The lowest BCUT2D eigenvalue weighted by atomic mass is 10.1. The van der Waals surface area contributed by atoms with Crippen LogP contribution in [0.2, 0.25) is 0 Å². The number of nitrogens with zero attached hydrogens (tertiary/aromatic N) is 3. The first kappa shape index (κ1) is 20.8. The molecule has 0 spiro atoms. The van der Waals surface area contributed by atoms with Gasteiger partial charge in [0.1, 0.15) is 0 Å². The van der Waals surface area contributed by atoms with Crippen LogP contribution in [0, 0.1) is 0 Å². The van der Waals surface area contributed by atoms with Crippen LogP contribution in [0.4, 0.5) is 23.7 Å². The molecule has 2 saturated heterocycles. The first-order valence-electron chi connectivity index (χ1n) is 9.87. The van der Waals surface area contributed by atoms with Gasteiger partial charge < -0.3 is 14.5 Å². The first-order valence-corrected chi connectivity index (χ1v) is 9.87. The van der Waals surface area contributed by atoms with Crippen molar-refractivity contribution in [3.63, 3.8) is 0 Å². The summed E-state index contributed by atoms with van der Waals surface area (Å²) in [6.45, 7) is 8.28. The molecule has 2 aliphatic rings. The third kappa shape index (κ3) is 5.10. The zero-order valence-electron chi connectivity index (χ0n) is 16.5. The molecule has 2 aliphatic heterocycles. The zero-order valence-corrected chi connectivity index (χ0v) is 16.5. The maximum Gasteiger partial charge on any atom is 0.416 e. The van der Waals surface area contributed by atoms with Crippen LogP contribution in [-0.2, 0) is 17.5 Å². The molecule has 28 heavy (non-hydrogen) atoms. The van der Waals surface area contributed by atoms with Crippen molar-refractivity contribution in [3.05, 3.63) is 29.3 Å². The summed E-state index contributed by atoms with van der Waals surface area (Å²) in [6, 6.07) is 4.07. The van der Waals surface area contributed by atoms with Gasteiger partial charge in [-0.05, 0) is 44.4 Å². The van der Waals surface area contributed by atoms with Gasteiger partial charge in [0.15, 0.2) is 0 Å². The van der Waals surface area contributed by atoms with E-state index in [4.69, 9.17) is 4.74 Å². The minimum absolute atomic E-state index is 0.152. The van der Waals surface area contributed by atoms with E-state index < -0.39 is 11.7 Å². The number of hydrogen-bond donors (Lipinski definition) is 0. The van der Waals surface area contributed by atoms with Gasteiger partial charge in [-0.25, -0.2) is 4.79 Å². The summed E-state index contributed by atoms with van der Waals surface area (Å²) in [5.41, 5.74) is 1.00. The van der Waals surface area contributed by atoms with Gasteiger partial charge in [-0.2, -0.15) is 13.2 Å². The summed E-state index contributed by atoms with van der Waals surface area (Å²) in [5, 5.41) is 0. The highest BCUT2D eigenvalue weighted by atomic mass is 19.4. The van der Waals surface area contributed by atoms with Crippen LogP contribution in [0.3, 0.4) is 0 Å². The van der Waals surface area contributed by atoms with E-state index in [0.717, 1.165) is 31.5 Å². The zero-order chi connectivity index (χ0) is 20.3. The molecule has 1 amide bonds. The molecule has 0 aliphatic carbocycles. The number of piperazine rings is 1. The molecule has 3 rings (SSSR count). The van der Waals surface area contributed by atoms with E-state index in [9.17, 15) is 18.0 Å². The molecule has 0 unspecified atom stereocenters. The van der Waals surface area contributed by atoms with Gasteiger partial charge in [-0.3, -0.25) is 4.90 Å². The standard InChI is InChI=1S/C20H28F3N3O2/c1-15(2)28-19(27)26-11-9-24(10-12-26)14-16-5-6-17(20(21,22)23)13-18(16)25-7-3-4-8-25/h5-6,13,15H,3-4,7-12,14H2,1-2H3. The molecular weight excluding hydrogens is 371 g/mol. The van der Waals surface area contributed by atoms with E-state index in [-0.39, 0.29) is 12.2 Å². The quantitative estimate of drug-likeness (QED) is 0.768. The second kappa shape index (κ2) is 8.59. The van der Waals surface area contributed by atoms with Crippen molar-refractivity contribution in [1.29, 1.82) is 0 Å². The molecule has 8 heteroatoms. The van der Waals surface area contributed by atoms with Crippen molar-refractivity contribution in [2.24, 2.45) is 0 Å². The third-order valence-corrected chi connectivity index (χ3v) is 5.22. The highest BCUT2D eigenvalue weighted by Crippen LogP contribution is 2.35. The predicted molar refractivity (Wildman–Crippen MR) is 101 cm³/mol. The maximum absolute atomic E-state index is 13.2. The van der Waals surface area contributed by atoms with Gasteiger partial charge in [0.2, 0.25) is 0 Å². The van der Waals surface area contributed by atoms with E-state index in [0.29, 0.717) is 38.4 Å². The number of carbonyl (C=O) groups is 1. The van der Waals surface area contributed by atoms with Gasteiger partial charge in [-0.1, -0.05) is 6.07 Å². The van der Waals surface area contributed by atoms with Crippen LogP contribution >= 0.6 is 0 Å². The normalized spacial score (nSPS) is 18.8. The minimum atomic E-state index is -4.34. The number of anilines is 1. The second-order valence-corrected chi connectivity index (χ2v) is 7.73. The fourth-order valence-corrected chi connectivity index (χ4v) is 3.73. The van der Waals surface area contributed by atoms with E-state index in [1.165, 1.54) is 12.1 Å². The Morgan fingerprint density at radius 1 is 1.07 bits per heavy atom. The Bertz CT molecular complexity index is 680. The summed E-state index contributed by atoms with van der Waals surface area (Å²) in [4.78, 5) is 17.9. The average Bonchev–Trinajstić information content (AvgIpc) is 3.15. The van der Waals surface area contributed by atoms with E-state index in [2.05, 4.69) is 9.80 Å². The molecule has 156 valence electrons. The summed E-state index contributed by atoms with van der Waals surface area (Å²) in [5.74, 6) is 0. The summed E-state index contributed by atoms with van der Waals surface area (Å²) in [6.07, 6.45) is -2.78. The first-order chi connectivity index (χ1) is 13.2. The van der Waals surface area contributed by atoms with Crippen molar-refractivity contribution < 1.29 is 22.7 Å². The monoisotopic (exact) mass is 399 g/mol. The number of ether oxygens (including phenoxy) is 1. The molecular formula is C20H28F3N3O2. The molecule has 0 radical (unpaired) electrons. The topological polar surface area (TPSA) is 36.0 Å². The Labute approximate surface area is 164 Å². The van der Waals surface area contributed by atoms with Gasteiger partial charge in [-0.15, -0.1) is 0 Å². The number of rotatable bonds is 4. The van der Waals surface area contributed by atoms with E-state index in [1.807, 2.05) is 13.8 Å². The van der Waals surface area contributed by atoms with Crippen molar-refractivity contribution in [3.8, 4) is 0 Å². The Hall–Kier alpha value is -1.96. The molecule has 1 aromatic rings. The van der Waals surface area contributed by atoms with Crippen molar-refractivity contribution in [1.82, 2.24) is 9.80 Å². The van der Waals surface area contributed by atoms with Gasteiger partial charge >= 0.3 is 12.3 Å². The number of alkyl halides is 3. The largest absolute Gasteiger partial charge is 0.447 e. The van der Waals surface area contributed by atoms with Crippen LogP contribution < -0.4 is 4.90 Å². The van der Waals surface area contributed by atoms with Gasteiger partial charge in [0.05, 0.1) is 11.7 Å². The van der Waals surface area contributed by atoms with Crippen LogP contribution in [0.15, 0.2) is 18.2 Å². The lowest BCUT2D eigenvalue weighted by Crippen LogP contribution is -2.48. The van der Waals surface area contributed by atoms with Crippen LogP contribution in [0.5, 0.6) is 0 Å². The molecule has 0 atom stereocenters. The fraction of sp³-hybridized carbons (Fsp3) is 0.650. The number of amides is 1. The Kier molecular flexibility index (Phi) is 6.37. The number of hydrogen-bond acceptors (Lipinski definition) is 4. The SMILES string of the molecule is CC(C)OC(=O)N1CCN(Cc2ccc(C(F)(F)F)cc2N2CCCC2)CC1. The molecule has 0 N–H and O–H groups in total. The Morgan fingerprint density at radius 3 is 2.29 bits per heavy atom. The predicted octanol–water partition coefficient (Wildman–Crippen LogP) is 3.97. The smallest absolute Gasteiger partial charge is 0.416 e. The second-order valence-electron chi connectivity index (χ2n) is 7.73. The Morgan fingerprint density at radius 2 is 1.71 bits per heavy atom. The summed E-state index contributed by atoms with van der Waals surface area (Å²) < 4.78 is 44.8. The number of carbonyl (C=O) groups excluding carboxylic acids is 1. The molecule has 0 aromatic heterocycles. The van der Waals surface area contributed by atoms with Gasteiger partial charge in [0.25, 0.3) is 0 Å². The molecule has 1 aromatic carbocycles. The van der Waals surface area contributed by atoms with E-state index in [1.54, 1.807) is 11.0 Å². The van der Waals surface area contributed by atoms with E-state index >= 15 is 0 Å². The molecule has 2 heterocycles. The Balaban J connectivity index is 1.68. The number of benzene rings is 1.